The molecule has 2 aromatic rings. The van der Waals surface area contributed by atoms with Gasteiger partial charge in [-0.3, -0.25) is 0 Å². The van der Waals surface area contributed by atoms with Crippen molar-refractivity contribution in [3.63, 3.8) is 0 Å². The van der Waals surface area contributed by atoms with Gasteiger partial charge in [-0.1, -0.05) is 0 Å². The topological polar surface area (TPSA) is 76.4 Å². The molecule has 3 N–H and O–H groups in total. The Kier molecular flexibility index (Phi) is 1.72. The van der Waals surface area contributed by atoms with Gasteiger partial charge in [0.1, 0.15) is 17.4 Å². The van der Waals surface area contributed by atoms with Gasteiger partial charge >= 0.3 is 0 Å². The molecule has 74 valence electrons. The van der Waals surface area contributed by atoms with Crippen molar-refractivity contribution >= 4 is 11.3 Å². The Balaban J connectivity index is 2.76. The highest BCUT2D eigenvalue weighted by molar-refractivity contribution is 5.65. The molecule has 0 aliphatic heterocycles. The number of hydrogen-bond donors (Lipinski definition) is 2. The number of aromatic nitrogens is 3. The molecule has 0 atom stereocenters. The lowest BCUT2D eigenvalue weighted by molar-refractivity contribution is 0.0719. The summed E-state index contributed by atoms with van der Waals surface area (Å²) in [6.07, 6.45) is 1.37. The minimum atomic E-state index is -0.937. The van der Waals surface area contributed by atoms with Crippen LogP contribution in [0.2, 0.25) is 0 Å². The first-order chi connectivity index (χ1) is 6.50. The predicted molar refractivity (Wildman–Crippen MR) is 52.6 cm³/mol. The summed E-state index contributed by atoms with van der Waals surface area (Å²) in [5.41, 5.74) is 6.13. The Morgan fingerprint density at radius 1 is 1.43 bits per heavy atom. The van der Waals surface area contributed by atoms with Crippen LogP contribution in [0.15, 0.2) is 18.5 Å². The fraction of sp³-hybridized carbons (Fsp3) is 0.333. The number of rotatable bonds is 1. The molecule has 0 aliphatic carbocycles. The predicted octanol–water partition coefficient (Wildman–Crippen LogP) is 0.539. The van der Waals surface area contributed by atoms with Gasteiger partial charge in [0.25, 0.3) is 0 Å². The second-order valence-corrected chi connectivity index (χ2v) is 3.72. The number of hydrogen-bond acceptors (Lipinski definition) is 4. The molecule has 0 saturated heterocycles. The van der Waals surface area contributed by atoms with E-state index in [1.54, 1.807) is 30.5 Å². The summed E-state index contributed by atoms with van der Waals surface area (Å²) >= 11 is 0. The van der Waals surface area contributed by atoms with E-state index in [-0.39, 0.29) is 0 Å². The maximum Gasteiger partial charge on any atom is 0.151 e. The van der Waals surface area contributed by atoms with Gasteiger partial charge in [0.15, 0.2) is 5.82 Å². The van der Waals surface area contributed by atoms with Gasteiger partial charge < -0.3 is 10.8 Å². The van der Waals surface area contributed by atoms with E-state index in [0.29, 0.717) is 17.0 Å². The SMILES string of the molecule is CC(C)(O)c1ccc2c(N)ncnn12. The summed E-state index contributed by atoms with van der Waals surface area (Å²) in [6.45, 7) is 3.40. The quantitative estimate of drug-likeness (QED) is 0.691. The van der Waals surface area contributed by atoms with Crippen LogP contribution < -0.4 is 5.73 Å². The van der Waals surface area contributed by atoms with Gasteiger partial charge in [-0.05, 0) is 26.0 Å². The molecular formula is C9H12N4O. The summed E-state index contributed by atoms with van der Waals surface area (Å²) in [5.74, 6) is 0.413. The first-order valence-electron chi connectivity index (χ1n) is 4.31. The van der Waals surface area contributed by atoms with E-state index in [1.807, 2.05) is 0 Å². The lowest BCUT2D eigenvalue weighted by Gasteiger charge is -2.16. The lowest BCUT2D eigenvalue weighted by Crippen LogP contribution is -2.19. The molecule has 2 rings (SSSR count). The summed E-state index contributed by atoms with van der Waals surface area (Å²) in [6, 6.07) is 3.59. The number of nitrogens with zero attached hydrogens (tertiary/aromatic N) is 3. The van der Waals surface area contributed by atoms with Crippen molar-refractivity contribution in [1.29, 1.82) is 0 Å². The summed E-state index contributed by atoms with van der Waals surface area (Å²) in [4.78, 5) is 3.87. The van der Waals surface area contributed by atoms with Crippen LogP contribution in [0.4, 0.5) is 5.82 Å². The summed E-state index contributed by atoms with van der Waals surface area (Å²) in [5, 5.41) is 13.9. The van der Waals surface area contributed by atoms with Crippen molar-refractivity contribution in [3.8, 4) is 0 Å². The average Bonchev–Trinajstić information content (AvgIpc) is 2.47. The number of aliphatic hydroxyl groups is 1. The van der Waals surface area contributed by atoms with Crippen molar-refractivity contribution in [2.24, 2.45) is 0 Å². The maximum atomic E-state index is 9.84. The average molecular weight is 192 g/mol. The van der Waals surface area contributed by atoms with E-state index in [1.165, 1.54) is 6.33 Å². The molecule has 0 saturated carbocycles. The smallest absolute Gasteiger partial charge is 0.151 e. The first-order valence-corrected chi connectivity index (χ1v) is 4.31. The molecule has 14 heavy (non-hydrogen) atoms. The van der Waals surface area contributed by atoms with Gasteiger partial charge in [0, 0.05) is 0 Å². The highest BCUT2D eigenvalue weighted by Gasteiger charge is 2.21. The van der Waals surface area contributed by atoms with Crippen molar-refractivity contribution in [2.75, 3.05) is 5.73 Å². The van der Waals surface area contributed by atoms with E-state index in [9.17, 15) is 5.11 Å². The molecule has 0 aliphatic rings. The van der Waals surface area contributed by atoms with Crippen LogP contribution in [0.1, 0.15) is 19.5 Å². The lowest BCUT2D eigenvalue weighted by atomic mass is 10.1. The fourth-order valence-electron chi connectivity index (χ4n) is 1.42. The first kappa shape index (κ1) is 8.96. The van der Waals surface area contributed by atoms with Crippen LogP contribution in [-0.4, -0.2) is 19.7 Å². The second-order valence-electron chi connectivity index (χ2n) is 3.72. The summed E-state index contributed by atoms with van der Waals surface area (Å²) < 4.78 is 1.60. The molecule has 2 aromatic heterocycles. The highest BCUT2D eigenvalue weighted by Crippen LogP contribution is 2.22. The summed E-state index contributed by atoms with van der Waals surface area (Å²) in [7, 11) is 0. The van der Waals surface area contributed by atoms with Gasteiger partial charge in [-0.2, -0.15) is 5.10 Å². The van der Waals surface area contributed by atoms with Crippen molar-refractivity contribution in [1.82, 2.24) is 14.6 Å². The Labute approximate surface area is 81.2 Å². The van der Waals surface area contributed by atoms with Crippen LogP contribution in [0.3, 0.4) is 0 Å². The Morgan fingerprint density at radius 2 is 2.14 bits per heavy atom. The Bertz CT molecular complexity index is 469. The van der Waals surface area contributed by atoms with Gasteiger partial charge in [-0.15, -0.1) is 0 Å². The largest absolute Gasteiger partial charge is 0.384 e. The van der Waals surface area contributed by atoms with Gasteiger partial charge in [0.05, 0.1) is 5.69 Å². The van der Waals surface area contributed by atoms with E-state index in [4.69, 9.17) is 5.73 Å². The molecule has 0 unspecified atom stereocenters. The van der Waals surface area contributed by atoms with E-state index in [2.05, 4.69) is 10.1 Å². The van der Waals surface area contributed by atoms with Gasteiger partial charge in [-0.25, -0.2) is 9.50 Å². The zero-order valence-electron chi connectivity index (χ0n) is 8.10. The molecule has 5 nitrogen and oxygen atoms in total. The molecule has 0 amide bonds. The molecule has 5 heteroatoms. The Morgan fingerprint density at radius 3 is 2.79 bits per heavy atom. The Hall–Kier alpha value is -1.62. The molecule has 0 radical (unpaired) electrons. The van der Waals surface area contributed by atoms with E-state index < -0.39 is 5.60 Å². The van der Waals surface area contributed by atoms with E-state index >= 15 is 0 Å². The zero-order chi connectivity index (χ0) is 10.3. The molecule has 2 heterocycles. The molecule has 0 spiro atoms. The third-order valence-corrected chi connectivity index (χ3v) is 2.11. The monoisotopic (exact) mass is 192 g/mol. The highest BCUT2D eigenvalue weighted by atomic mass is 16.3. The minimum Gasteiger partial charge on any atom is -0.384 e. The third kappa shape index (κ3) is 1.22. The van der Waals surface area contributed by atoms with Crippen LogP contribution in [-0.2, 0) is 5.60 Å². The normalized spacial score (nSPS) is 12.2. The van der Waals surface area contributed by atoms with E-state index in [0.717, 1.165) is 0 Å². The van der Waals surface area contributed by atoms with Gasteiger partial charge in [0.2, 0.25) is 0 Å². The van der Waals surface area contributed by atoms with Crippen molar-refractivity contribution < 1.29 is 5.11 Å². The standard InChI is InChI=1S/C9H12N4O/c1-9(2,14)7-4-3-6-8(10)11-5-12-13(6)7/h3-5,14H,1-2H3,(H2,10,11,12). The number of anilines is 1. The maximum absolute atomic E-state index is 9.84. The molecule has 0 fully saturated rings. The number of nitrogen functional groups attached to an aromatic ring is 1. The second kappa shape index (κ2) is 2.68. The zero-order valence-corrected chi connectivity index (χ0v) is 8.10. The fourth-order valence-corrected chi connectivity index (χ4v) is 1.42. The van der Waals surface area contributed by atoms with Crippen LogP contribution in [0.5, 0.6) is 0 Å². The van der Waals surface area contributed by atoms with Crippen molar-refractivity contribution in [3.05, 3.63) is 24.2 Å². The van der Waals surface area contributed by atoms with Crippen LogP contribution in [0, 0.1) is 0 Å². The van der Waals surface area contributed by atoms with Crippen LogP contribution >= 0.6 is 0 Å². The third-order valence-electron chi connectivity index (χ3n) is 2.11. The van der Waals surface area contributed by atoms with Crippen LogP contribution in [0.25, 0.3) is 5.52 Å². The molecular weight excluding hydrogens is 180 g/mol. The number of fused-ring (bicyclic) bond motifs is 1. The molecule has 0 bridgehead atoms. The minimum absolute atomic E-state index is 0.413. The number of nitrogens with two attached hydrogens (primary N) is 1. The molecule has 0 aromatic carbocycles. The van der Waals surface area contributed by atoms with Crippen molar-refractivity contribution in [2.45, 2.75) is 19.4 Å².